The summed E-state index contributed by atoms with van der Waals surface area (Å²) in [6.07, 6.45) is 3.33. The van der Waals surface area contributed by atoms with Gasteiger partial charge in [-0.2, -0.15) is 0 Å². The van der Waals surface area contributed by atoms with Crippen molar-refractivity contribution in [2.24, 2.45) is 11.1 Å². The fraction of sp³-hybridized carbons (Fsp3) is 0.533. The first kappa shape index (κ1) is 14.0. The summed E-state index contributed by atoms with van der Waals surface area (Å²) in [5.74, 6) is -0.102. The molecule has 1 saturated carbocycles. The molecule has 0 radical (unpaired) electrons. The minimum atomic E-state index is -0.584. The fourth-order valence-electron chi connectivity index (χ4n) is 2.21. The molecule has 1 aromatic carbocycles. The first-order valence-corrected chi connectivity index (χ1v) is 6.74. The molecule has 2 rings (SSSR count). The number of carbonyl (C=O) groups excluding carboxylic acids is 1. The summed E-state index contributed by atoms with van der Waals surface area (Å²) < 4.78 is 5.10. The minimum Gasteiger partial charge on any atom is -0.385 e. The molecule has 4 nitrogen and oxygen atoms in total. The lowest BCUT2D eigenvalue weighted by Crippen LogP contribution is -2.37. The Morgan fingerprint density at radius 1 is 1.42 bits per heavy atom. The van der Waals surface area contributed by atoms with Crippen LogP contribution in [0, 0.1) is 5.41 Å². The van der Waals surface area contributed by atoms with Crippen molar-refractivity contribution >= 4 is 5.91 Å². The number of methoxy groups -OCH3 is 1. The summed E-state index contributed by atoms with van der Waals surface area (Å²) in [5, 5.41) is 2.97. The first-order valence-electron chi connectivity index (χ1n) is 6.74. The van der Waals surface area contributed by atoms with Crippen molar-refractivity contribution in [1.82, 2.24) is 5.32 Å². The van der Waals surface area contributed by atoms with Gasteiger partial charge in [0.2, 0.25) is 5.91 Å². The molecule has 19 heavy (non-hydrogen) atoms. The van der Waals surface area contributed by atoms with E-state index in [-0.39, 0.29) is 11.3 Å². The average Bonchev–Trinajstić information content (AvgIpc) is 3.23. The largest absolute Gasteiger partial charge is 0.385 e. The Labute approximate surface area is 114 Å². The molecule has 3 N–H and O–H groups in total. The third kappa shape index (κ3) is 3.78. The Morgan fingerprint density at radius 3 is 2.68 bits per heavy atom. The van der Waals surface area contributed by atoms with Crippen molar-refractivity contribution in [3.05, 3.63) is 35.9 Å². The second-order valence-corrected chi connectivity index (χ2v) is 5.35. The van der Waals surface area contributed by atoms with Crippen molar-refractivity contribution < 1.29 is 9.53 Å². The van der Waals surface area contributed by atoms with Gasteiger partial charge in [0.05, 0.1) is 0 Å². The number of rotatable bonds is 7. The quantitative estimate of drug-likeness (QED) is 0.785. The normalized spacial score (nSPS) is 17.8. The zero-order valence-corrected chi connectivity index (χ0v) is 11.4. The Kier molecular flexibility index (Phi) is 4.56. The number of hydrogen-bond acceptors (Lipinski definition) is 3. The number of amides is 1. The molecule has 4 heteroatoms. The maximum atomic E-state index is 12.0. The monoisotopic (exact) mass is 262 g/mol. The van der Waals surface area contributed by atoms with Crippen molar-refractivity contribution in [1.29, 1.82) is 0 Å². The van der Waals surface area contributed by atoms with Crippen molar-refractivity contribution in [3.63, 3.8) is 0 Å². The molecule has 0 unspecified atom stereocenters. The summed E-state index contributed by atoms with van der Waals surface area (Å²) in [6.45, 7) is 1.45. The third-order valence-corrected chi connectivity index (χ3v) is 3.87. The van der Waals surface area contributed by atoms with E-state index < -0.39 is 6.04 Å². The second kappa shape index (κ2) is 6.17. The molecule has 0 heterocycles. The van der Waals surface area contributed by atoms with Gasteiger partial charge < -0.3 is 15.8 Å². The molecular formula is C15H22N2O2. The maximum Gasteiger partial charge on any atom is 0.241 e. The SMILES string of the molecule is COCCC1(CNC(=O)[C@H](N)c2ccccc2)CC1. The Balaban J connectivity index is 1.81. The summed E-state index contributed by atoms with van der Waals surface area (Å²) in [6, 6.07) is 8.87. The predicted octanol–water partition coefficient (Wildman–Crippen LogP) is 1.62. The van der Waals surface area contributed by atoms with Crippen molar-refractivity contribution in [2.75, 3.05) is 20.3 Å². The lowest BCUT2D eigenvalue weighted by atomic mass is 10.0. The van der Waals surface area contributed by atoms with Crippen LogP contribution in [0.1, 0.15) is 30.9 Å². The first-order chi connectivity index (χ1) is 9.17. The van der Waals surface area contributed by atoms with Gasteiger partial charge in [-0.25, -0.2) is 0 Å². The molecule has 0 aliphatic heterocycles. The molecule has 1 aliphatic carbocycles. The second-order valence-electron chi connectivity index (χ2n) is 5.35. The van der Waals surface area contributed by atoms with E-state index in [0.29, 0.717) is 6.54 Å². The smallest absolute Gasteiger partial charge is 0.241 e. The van der Waals surface area contributed by atoms with Gasteiger partial charge in [-0.3, -0.25) is 4.79 Å². The van der Waals surface area contributed by atoms with Crippen LogP contribution in [0.5, 0.6) is 0 Å². The Hall–Kier alpha value is -1.39. The van der Waals surface area contributed by atoms with E-state index in [1.54, 1.807) is 7.11 Å². The summed E-state index contributed by atoms with van der Waals surface area (Å²) >= 11 is 0. The van der Waals surface area contributed by atoms with Crippen LogP contribution < -0.4 is 11.1 Å². The molecule has 1 aromatic rings. The van der Waals surface area contributed by atoms with E-state index in [9.17, 15) is 4.79 Å². The van der Waals surface area contributed by atoms with E-state index in [4.69, 9.17) is 10.5 Å². The van der Waals surface area contributed by atoms with Crippen LogP contribution in [0.3, 0.4) is 0 Å². The zero-order chi connectivity index (χ0) is 13.7. The number of benzene rings is 1. The molecule has 0 bridgehead atoms. The van der Waals surface area contributed by atoms with E-state index in [1.165, 1.54) is 0 Å². The number of carbonyl (C=O) groups is 1. The number of nitrogens with two attached hydrogens (primary N) is 1. The van der Waals surface area contributed by atoms with Crippen molar-refractivity contribution in [3.8, 4) is 0 Å². The van der Waals surface area contributed by atoms with Gasteiger partial charge in [0.15, 0.2) is 0 Å². The molecule has 104 valence electrons. The molecule has 0 saturated heterocycles. The molecule has 1 fully saturated rings. The highest BCUT2D eigenvalue weighted by Crippen LogP contribution is 2.48. The number of nitrogens with one attached hydrogen (secondary N) is 1. The predicted molar refractivity (Wildman–Crippen MR) is 74.5 cm³/mol. The zero-order valence-electron chi connectivity index (χ0n) is 11.4. The molecule has 1 atom stereocenters. The van der Waals surface area contributed by atoms with Crippen LogP contribution in [-0.2, 0) is 9.53 Å². The molecule has 0 aromatic heterocycles. The summed E-state index contributed by atoms with van der Waals surface area (Å²) in [5.41, 5.74) is 7.05. The highest BCUT2D eigenvalue weighted by atomic mass is 16.5. The van der Waals surface area contributed by atoms with Gasteiger partial charge in [0, 0.05) is 20.3 Å². The van der Waals surface area contributed by atoms with E-state index in [2.05, 4.69) is 5.32 Å². The van der Waals surface area contributed by atoms with Crippen LogP contribution >= 0.6 is 0 Å². The number of ether oxygens (including phenoxy) is 1. The highest BCUT2D eigenvalue weighted by molar-refractivity contribution is 5.82. The maximum absolute atomic E-state index is 12.0. The summed E-state index contributed by atoms with van der Waals surface area (Å²) in [7, 11) is 1.71. The average molecular weight is 262 g/mol. The molecule has 1 amide bonds. The molecular weight excluding hydrogens is 240 g/mol. The molecule has 1 aliphatic rings. The standard InChI is InChI=1S/C15H22N2O2/c1-19-10-9-15(7-8-15)11-17-14(18)13(16)12-5-3-2-4-6-12/h2-6,13H,7-11,16H2,1H3,(H,17,18)/t13-/m1/s1. The van der Waals surface area contributed by atoms with E-state index in [0.717, 1.165) is 31.4 Å². The van der Waals surface area contributed by atoms with Gasteiger partial charge in [0.25, 0.3) is 0 Å². The third-order valence-electron chi connectivity index (χ3n) is 3.87. The summed E-state index contributed by atoms with van der Waals surface area (Å²) in [4.78, 5) is 12.0. The lowest BCUT2D eigenvalue weighted by Gasteiger charge is -2.18. The van der Waals surface area contributed by atoms with Crippen LogP contribution in [0.25, 0.3) is 0 Å². The van der Waals surface area contributed by atoms with Gasteiger partial charge in [-0.05, 0) is 30.2 Å². The van der Waals surface area contributed by atoms with Gasteiger partial charge in [0.1, 0.15) is 6.04 Å². The van der Waals surface area contributed by atoms with Crippen LogP contribution in [0.2, 0.25) is 0 Å². The molecule has 0 spiro atoms. The van der Waals surface area contributed by atoms with Crippen LogP contribution in [-0.4, -0.2) is 26.2 Å². The Morgan fingerprint density at radius 2 is 2.11 bits per heavy atom. The highest BCUT2D eigenvalue weighted by Gasteiger charge is 2.42. The fourth-order valence-corrected chi connectivity index (χ4v) is 2.21. The van der Waals surface area contributed by atoms with E-state index in [1.807, 2.05) is 30.3 Å². The topological polar surface area (TPSA) is 64.3 Å². The van der Waals surface area contributed by atoms with Gasteiger partial charge in [-0.15, -0.1) is 0 Å². The van der Waals surface area contributed by atoms with Gasteiger partial charge >= 0.3 is 0 Å². The van der Waals surface area contributed by atoms with E-state index >= 15 is 0 Å². The van der Waals surface area contributed by atoms with Crippen LogP contribution in [0.4, 0.5) is 0 Å². The number of hydrogen-bond donors (Lipinski definition) is 2. The van der Waals surface area contributed by atoms with Crippen molar-refractivity contribution in [2.45, 2.75) is 25.3 Å². The van der Waals surface area contributed by atoms with Gasteiger partial charge in [-0.1, -0.05) is 30.3 Å². The minimum absolute atomic E-state index is 0.102. The lowest BCUT2D eigenvalue weighted by molar-refractivity contribution is -0.122. The van der Waals surface area contributed by atoms with Crippen LogP contribution in [0.15, 0.2) is 30.3 Å². The Bertz CT molecular complexity index is 415.